The van der Waals surface area contributed by atoms with Crippen molar-refractivity contribution < 1.29 is 23.7 Å². The Hall–Kier alpha value is -6.17. The fourth-order valence-corrected chi connectivity index (χ4v) is 13.3. The van der Waals surface area contributed by atoms with Crippen molar-refractivity contribution in [1.29, 1.82) is 0 Å². The Kier molecular flexibility index (Phi) is 18.9. The van der Waals surface area contributed by atoms with E-state index >= 15 is 0 Å². The highest BCUT2D eigenvalue weighted by atomic mass is 79.9. The zero-order chi connectivity index (χ0) is 59.2. The number of anilines is 3. The topological polar surface area (TPSA) is 143 Å². The summed E-state index contributed by atoms with van der Waals surface area (Å²) >= 11 is 3.61. The number of benzene rings is 3. The molecule has 2 aliphatic carbocycles. The van der Waals surface area contributed by atoms with E-state index in [-0.39, 0.29) is 0 Å². The van der Waals surface area contributed by atoms with Crippen molar-refractivity contribution in [3.05, 3.63) is 142 Å². The molecule has 2 saturated carbocycles. The summed E-state index contributed by atoms with van der Waals surface area (Å²) in [6, 6.07) is 35.1. The van der Waals surface area contributed by atoms with E-state index in [1.54, 1.807) is 0 Å². The number of fused-ring (bicyclic) bond motifs is 3. The molecule has 0 unspecified atom stereocenters. The molecule has 5 aromatic heterocycles. The second-order valence-corrected chi connectivity index (χ2v) is 38.1. The van der Waals surface area contributed by atoms with Crippen LogP contribution in [-0.4, -0.2) is 148 Å². The lowest BCUT2D eigenvalue weighted by molar-refractivity contribution is 0.0818. The number of pyridine rings is 3. The lowest BCUT2D eigenvalue weighted by Gasteiger charge is -2.28. The first-order valence-corrected chi connectivity index (χ1v) is 39.3. The number of morpholine rings is 3. The Balaban J connectivity index is 0.000000127. The van der Waals surface area contributed by atoms with Crippen LogP contribution in [0.4, 0.5) is 17.5 Å². The molecule has 6 aliphatic rings. The Bertz CT molecular complexity index is 3650. The van der Waals surface area contributed by atoms with E-state index in [4.69, 9.17) is 38.9 Å². The molecule has 0 amide bonds. The van der Waals surface area contributed by atoms with Crippen molar-refractivity contribution >= 4 is 77.0 Å². The Labute approximate surface area is 517 Å². The van der Waals surface area contributed by atoms with E-state index in [0.717, 1.165) is 183 Å². The van der Waals surface area contributed by atoms with Gasteiger partial charge in [0, 0.05) is 125 Å². The summed E-state index contributed by atoms with van der Waals surface area (Å²) in [6.45, 7) is 27.4. The molecule has 3 aromatic carbocycles. The summed E-state index contributed by atoms with van der Waals surface area (Å²) in [5.74, 6) is 4.49. The number of nitrogens with zero attached hydrogens (tertiary/aromatic N) is 11. The lowest BCUT2D eigenvalue weighted by atomic mass is 9.97. The highest BCUT2D eigenvalue weighted by Crippen LogP contribution is 2.43. The van der Waals surface area contributed by atoms with Gasteiger partial charge in [-0.3, -0.25) is 4.99 Å². The van der Waals surface area contributed by atoms with Gasteiger partial charge in [-0.25, -0.2) is 24.3 Å². The first-order chi connectivity index (χ1) is 41.8. The number of halogens is 1. The Morgan fingerprint density at radius 3 is 1.41 bits per heavy atom. The molecule has 0 radical (unpaired) electrons. The van der Waals surface area contributed by atoms with Gasteiger partial charge in [-0.15, -0.1) is 0 Å². The second-order valence-electron chi connectivity index (χ2n) is 26.0. The highest BCUT2D eigenvalue weighted by molar-refractivity contribution is 9.10. The van der Waals surface area contributed by atoms with E-state index in [0.29, 0.717) is 19.4 Å². The summed E-state index contributed by atoms with van der Waals surface area (Å²) in [5, 5.41) is 12.3. The van der Waals surface area contributed by atoms with Crippen LogP contribution in [-0.2, 0) is 43.7 Å². The SMILES string of the molecule is C[Si](C)(C)CCOCn1nc(-c2ccnc(N3CCOCC3)c2)c2cc(Br)ccc21.C[Si](C)(C)CCOCn1nc(-c2ccnc(N3CCOCC3)c2)c2cc(C3CC3)ccc21.c1cc(C2=NCc3ccc(C4CC4)cc32)cc(N2CCOCC2)n1. The van der Waals surface area contributed by atoms with Gasteiger partial charge in [0.25, 0.3) is 0 Å². The molecule has 16 nitrogen and oxygen atoms in total. The molecule has 4 aliphatic heterocycles. The fourth-order valence-electron chi connectivity index (χ4n) is 11.4. The van der Waals surface area contributed by atoms with Gasteiger partial charge in [-0.2, -0.15) is 10.2 Å². The minimum Gasteiger partial charge on any atom is -0.378 e. The quantitative estimate of drug-likeness (QED) is 0.0595. The van der Waals surface area contributed by atoms with Gasteiger partial charge in [0.15, 0.2) is 0 Å². The molecule has 0 atom stereocenters. The molecule has 19 heteroatoms. The normalized spacial score (nSPS) is 17.3. The second kappa shape index (κ2) is 27.1. The van der Waals surface area contributed by atoms with Gasteiger partial charge in [0.2, 0.25) is 0 Å². The van der Waals surface area contributed by atoms with Gasteiger partial charge in [0.1, 0.15) is 42.3 Å². The average Bonchev–Trinajstić information content (AvgIpc) is 2.55. The van der Waals surface area contributed by atoms with Crippen molar-refractivity contribution in [2.24, 2.45) is 4.99 Å². The molecule has 8 aromatic rings. The van der Waals surface area contributed by atoms with Crippen LogP contribution < -0.4 is 14.7 Å². The smallest absolute Gasteiger partial charge is 0.140 e. The molecular weight excluding hydrogens is 1170 g/mol. The van der Waals surface area contributed by atoms with E-state index < -0.39 is 16.1 Å². The predicted molar refractivity (Wildman–Crippen MR) is 355 cm³/mol. The van der Waals surface area contributed by atoms with Crippen molar-refractivity contribution in [2.45, 2.75) is 109 Å². The third-order valence-corrected chi connectivity index (χ3v) is 20.8. The average molecular weight is 1260 g/mol. The summed E-state index contributed by atoms with van der Waals surface area (Å²) < 4.78 is 33.5. The Morgan fingerprint density at radius 1 is 0.500 bits per heavy atom. The number of aliphatic imine (C=N–C) groups is 1. The predicted octanol–water partition coefficient (Wildman–Crippen LogP) is 13.3. The molecule has 14 rings (SSSR count). The monoisotopic (exact) mass is 1260 g/mol. The standard InChI is InChI=1S/C25H34N4O2Si.C22H29BrN4O2Si.C20H21N3O/c1-32(2,3)15-14-31-18-29-23-7-6-20(19-4-5-19)16-22(23)25(27-29)21-8-9-26-24(17-21)28-10-12-30-13-11-28;1-30(2,3)13-12-29-16-27-20-5-4-18(23)15-19(20)22(25-27)17-6-7-24-21(14-17)26-8-10-28-11-9-26;1-2-14(1)15-3-4-17-13-22-20(18(17)11-15)16-5-6-21-19(12-16)23-7-9-24-10-8-23/h6-9,16-17,19H,4-5,10-15,18H2,1-3H3;4-7,14-15H,8-13,16H2,1-3H3;3-6,11-12,14H,1-2,7-10,13H2. The number of hydrogen-bond donors (Lipinski definition) is 0. The van der Waals surface area contributed by atoms with Crippen LogP contribution >= 0.6 is 15.9 Å². The molecule has 452 valence electrons. The summed E-state index contributed by atoms with van der Waals surface area (Å²) in [4.78, 5) is 25.5. The van der Waals surface area contributed by atoms with Crippen molar-refractivity contribution in [2.75, 3.05) is 107 Å². The maximum atomic E-state index is 6.06. The number of ether oxygens (including phenoxy) is 5. The van der Waals surface area contributed by atoms with E-state index in [1.165, 1.54) is 58.9 Å². The zero-order valence-electron chi connectivity index (χ0n) is 51.1. The van der Waals surface area contributed by atoms with Gasteiger partial charge in [0.05, 0.1) is 62.9 Å². The van der Waals surface area contributed by atoms with Crippen LogP contribution in [0.1, 0.15) is 65.3 Å². The van der Waals surface area contributed by atoms with E-state index in [2.05, 4.69) is 170 Å². The molecule has 0 spiro atoms. The van der Waals surface area contributed by atoms with Crippen molar-refractivity contribution in [3.8, 4) is 22.5 Å². The van der Waals surface area contributed by atoms with E-state index in [9.17, 15) is 0 Å². The van der Waals surface area contributed by atoms with Crippen LogP contribution in [0.5, 0.6) is 0 Å². The van der Waals surface area contributed by atoms with Gasteiger partial charge >= 0.3 is 0 Å². The van der Waals surface area contributed by atoms with Crippen LogP contribution in [0.25, 0.3) is 44.3 Å². The largest absolute Gasteiger partial charge is 0.378 e. The minimum absolute atomic E-state index is 0.462. The zero-order valence-corrected chi connectivity index (χ0v) is 54.7. The Morgan fingerprint density at radius 2 is 0.930 bits per heavy atom. The number of rotatable bonds is 18. The summed E-state index contributed by atoms with van der Waals surface area (Å²) in [7, 11) is -2.22. The van der Waals surface area contributed by atoms with Gasteiger partial charge in [-0.05, 0) is 139 Å². The van der Waals surface area contributed by atoms with Crippen molar-refractivity contribution in [3.63, 3.8) is 0 Å². The fraction of sp³-hybridized carbons (Fsp3) is 0.463. The molecule has 86 heavy (non-hydrogen) atoms. The minimum atomic E-state index is -1.11. The first kappa shape index (κ1) is 60.1. The van der Waals surface area contributed by atoms with Crippen LogP contribution in [0.2, 0.25) is 51.4 Å². The first-order valence-electron chi connectivity index (χ1n) is 31.1. The van der Waals surface area contributed by atoms with Crippen molar-refractivity contribution in [1.82, 2.24) is 34.5 Å². The molecule has 5 fully saturated rings. The molecule has 9 heterocycles. The third kappa shape index (κ3) is 15.2. The third-order valence-electron chi connectivity index (χ3n) is 16.9. The van der Waals surface area contributed by atoms with Crippen LogP contribution in [0, 0.1) is 0 Å². The van der Waals surface area contributed by atoms with Gasteiger partial charge < -0.3 is 38.4 Å². The van der Waals surface area contributed by atoms with Crippen LogP contribution in [0.15, 0.2) is 119 Å². The summed E-state index contributed by atoms with van der Waals surface area (Å²) in [5.41, 5.74) is 14.3. The van der Waals surface area contributed by atoms with E-state index in [1.807, 2.05) is 34.0 Å². The van der Waals surface area contributed by atoms with Crippen LogP contribution in [0.3, 0.4) is 0 Å². The molecule has 0 bridgehead atoms. The van der Waals surface area contributed by atoms with Gasteiger partial charge in [-0.1, -0.05) is 73.4 Å². The number of hydrogen-bond acceptors (Lipinski definition) is 14. The maximum absolute atomic E-state index is 6.06. The lowest BCUT2D eigenvalue weighted by Crippen LogP contribution is -2.36. The maximum Gasteiger partial charge on any atom is 0.140 e. The number of aromatic nitrogens is 7. The summed E-state index contributed by atoms with van der Waals surface area (Å²) in [6.07, 6.45) is 10.9. The molecular formula is C67H84BrN11O5Si2. The molecule has 0 N–H and O–H groups in total. The molecule has 3 saturated heterocycles. The highest BCUT2D eigenvalue weighted by Gasteiger charge is 2.28.